The summed E-state index contributed by atoms with van der Waals surface area (Å²) in [6.07, 6.45) is 19.1. The summed E-state index contributed by atoms with van der Waals surface area (Å²) >= 11 is 0. The van der Waals surface area contributed by atoms with Crippen LogP contribution in [0.2, 0.25) is 0 Å². The van der Waals surface area contributed by atoms with Crippen molar-refractivity contribution < 1.29 is 27.8 Å². The van der Waals surface area contributed by atoms with E-state index in [0.29, 0.717) is 12.3 Å². The molecule has 3 nitrogen and oxygen atoms in total. The molecule has 0 aliphatic heterocycles. The SMILES string of the molecule is CCCC1CCC(C2CCC(CCC3CCC(CCCC(=O)c4ccc(OCC)c(C(F)(F)F)c4O)CC3)CC2)CC1. The number of aromatic hydroxyl groups is 1. The number of ether oxygens (including phenoxy) is 1. The lowest BCUT2D eigenvalue weighted by atomic mass is 9.68. The van der Waals surface area contributed by atoms with E-state index in [0.717, 1.165) is 42.1 Å². The van der Waals surface area contributed by atoms with E-state index < -0.39 is 29.0 Å². The lowest BCUT2D eigenvalue weighted by molar-refractivity contribution is -0.140. The van der Waals surface area contributed by atoms with Crippen LogP contribution in [0.1, 0.15) is 152 Å². The Hall–Kier alpha value is -1.72. The summed E-state index contributed by atoms with van der Waals surface area (Å²) in [5.41, 5.74) is -1.52. The zero-order valence-electron chi connectivity index (χ0n) is 26.2. The highest BCUT2D eigenvalue weighted by atomic mass is 19.4. The first-order valence-electron chi connectivity index (χ1n) is 17.3. The Balaban J connectivity index is 1.11. The minimum absolute atomic E-state index is 0.0407. The van der Waals surface area contributed by atoms with Crippen LogP contribution in [0.5, 0.6) is 11.5 Å². The highest BCUT2D eigenvalue weighted by molar-refractivity contribution is 5.99. The Labute approximate surface area is 252 Å². The van der Waals surface area contributed by atoms with Crippen LogP contribution < -0.4 is 4.74 Å². The van der Waals surface area contributed by atoms with Gasteiger partial charge in [0.2, 0.25) is 0 Å². The van der Waals surface area contributed by atoms with Gasteiger partial charge in [-0.25, -0.2) is 0 Å². The summed E-state index contributed by atoms with van der Waals surface area (Å²) in [7, 11) is 0. The van der Waals surface area contributed by atoms with Gasteiger partial charge in [-0.05, 0) is 86.7 Å². The van der Waals surface area contributed by atoms with Crippen LogP contribution >= 0.6 is 0 Å². The smallest absolute Gasteiger partial charge is 0.423 e. The van der Waals surface area contributed by atoms with Crippen LogP contribution in [0.3, 0.4) is 0 Å². The molecule has 0 bridgehead atoms. The molecular formula is C36H55F3O3. The van der Waals surface area contributed by atoms with Crippen LogP contribution in [-0.2, 0) is 6.18 Å². The monoisotopic (exact) mass is 592 g/mol. The molecule has 0 saturated heterocycles. The lowest BCUT2D eigenvalue weighted by Gasteiger charge is -2.38. The van der Waals surface area contributed by atoms with Crippen LogP contribution in [-0.4, -0.2) is 17.5 Å². The van der Waals surface area contributed by atoms with E-state index in [1.165, 1.54) is 109 Å². The lowest BCUT2D eigenvalue weighted by Crippen LogP contribution is -2.26. The number of hydrogen-bond donors (Lipinski definition) is 1. The van der Waals surface area contributed by atoms with Crippen molar-refractivity contribution >= 4 is 5.78 Å². The van der Waals surface area contributed by atoms with Crippen molar-refractivity contribution in [3.05, 3.63) is 23.3 Å². The average Bonchev–Trinajstić information content (AvgIpc) is 2.97. The topological polar surface area (TPSA) is 46.5 Å². The number of phenols is 1. The van der Waals surface area contributed by atoms with Gasteiger partial charge in [0.05, 0.1) is 12.2 Å². The Kier molecular flexibility index (Phi) is 12.5. The van der Waals surface area contributed by atoms with Crippen molar-refractivity contribution in [3.63, 3.8) is 0 Å². The normalized spacial score (nSPS) is 28.9. The van der Waals surface area contributed by atoms with E-state index in [-0.39, 0.29) is 18.6 Å². The first kappa shape index (κ1) is 33.2. The summed E-state index contributed by atoms with van der Waals surface area (Å²) < 4.78 is 45.6. The Morgan fingerprint density at radius 1 is 0.762 bits per heavy atom. The Morgan fingerprint density at radius 2 is 1.24 bits per heavy atom. The summed E-state index contributed by atoms with van der Waals surface area (Å²) in [6.45, 7) is 3.94. The fourth-order valence-corrected chi connectivity index (χ4v) is 8.62. The fraction of sp³-hybridized carbons (Fsp3) is 0.806. The number of ketones is 1. The summed E-state index contributed by atoms with van der Waals surface area (Å²) in [5, 5.41) is 10.3. The molecule has 3 saturated carbocycles. The second-order valence-electron chi connectivity index (χ2n) is 13.9. The second-order valence-corrected chi connectivity index (χ2v) is 13.9. The van der Waals surface area contributed by atoms with Gasteiger partial charge in [-0.2, -0.15) is 13.2 Å². The number of halogens is 3. The van der Waals surface area contributed by atoms with Crippen LogP contribution in [0.4, 0.5) is 13.2 Å². The molecule has 3 aliphatic carbocycles. The minimum Gasteiger partial charge on any atom is -0.506 e. The first-order chi connectivity index (χ1) is 20.2. The van der Waals surface area contributed by atoms with E-state index in [1.54, 1.807) is 6.92 Å². The summed E-state index contributed by atoms with van der Waals surface area (Å²) in [4.78, 5) is 12.7. The van der Waals surface area contributed by atoms with E-state index in [2.05, 4.69) is 6.92 Å². The maximum Gasteiger partial charge on any atom is 0.423 e. The van der Waals surface area contributed by atoms with Crippen molar-refractivity contribution in [2.75, 3.05) is 6.61 Å². The molecule has 0 aromatic heterocycles. The molecule has 0 amide bonds. The van der Waals surface area contributed by atoms with Gasteiger partial charge in [-0.1, -0.05) is 90.4 Å². The zero-order valence-corrected chi connectivity index (χ0v) is 26.2. The number of alkyl halides is 3. The third-order valence-electron chi connectivity index (χ3n) is 11.1. The van der Waals surface area contributed by atoms with Crippen molar-refractivity contribution in [2.24, 2.45) is 35.5 Å². The first-order valence-corrected chi connectivity index (χ1v) is 17.3. The Bertz CT molecular complexity index is 966. The van der Waals surface area contributed by atoms with Crippen molar-refractivity contribution in [3.8, 4) is 11.5 Å². The predicted molar refractivity (Wildman–Crippen MR) is 163 cm³/mol. The van der Waals surface area contributed by atoms with Gasteiger partial charge in [0, 0.05) is 6.42 Å². The van der Waals surface area contributed by atoms with Crippen LogP contribution in [0, 0.1) is 35.5 Å². The molecule has 0 radical (unpaired) electrons. The zero-order chi connectivity index (χ0) is 30.1. The number of phenolic OH excluding ortho intramolecular Hbond substituents is 1. The fourth-order valence-electron chi connectivity index (χ4n) is 8.62. The number of carbonyl (C=O) groups excluding carboxylic acids is 1. The number of carbonyl (C=O) groups is 1. The molecule has 3 fully saturated rings. The molecule has 42 heavy (non-hydrogen) atoms. The maximum absolute atomic E-state index is 13.5. The molecule has 3 aliphatic rings. The van der Waals surface area contributed by atoms with Gasteiger partial charge in [-0.3, -0.25) is 4.79 Å². The third-order valence-corrected chi connectivity index (χ3v) is 11.1. The van der Waals surface area contributed by atoms with Gasteiger partial charge in [-0.15, -0.1) is 0 Å². The number of benzene rings is 1. The second kappa shape index (κ2) is 15.8. The minimum atomic E-state index is -4.80. The van der Waals surface area contributed by atoms with Gasteiger partial charge < -0.3 is 9.84 Å². The molecule has 238 valence electrons. The van der Waals surface area contributed by atoms with Crippen LogP contribution in [0.25, 0.3) is 0 Å². The number of hydrogen-bond acceptors (Lipinski definition) is 3. The van der Waals surface area contributed by atoms with Gasteiger partial charge in [0.1, 0.15) is 17.1 Å². The van der Waals surface area contributed by atoms with Gasteiger partial charge in [0.25, 0.3) is 0 Å². The third kappa shape index (κ3) is 9.14. The molecular weight excluding hydrogens is 537 g/mol. The van der Waals surface area contributed by atoms with E-state index >= 15 is 0 Å². The molecule has 0 heterocycles. The maximum atomic E-state index is 13.5. The number of Topliss-reactive ketones (excluding diaryl/α,β-unsaturated/α-hetero) is 1. The quantitative estimate of drug-likeness (QED) is 0.232. The largest absolute Gasteiger partial charge is 0.506 e. The molecule has 4 rings (SSSR count). The predicted octanol–water partition coefficient (Wildman–Crippen LogP) is 11.2. The van der Waals surface area contributed by atoms with E-state index in [1.807, 2.05) is 0 Å². The summed E-state index contributed by atoms with van der Waals surface area (Å²) in [5.74, 6) is 3.48. The van der Waals surface area contributed by atoms with Crippen molar-refractivity contribution in [1.82, 2.24) is 0 Å². The molecule has 1 aromatic carbocycles. The van der Waals surface area contributed by atoms with Crippen molar-refractivity contribution in [2.45, 2.75) is 142 Å². The molecule has 1 N–H and O–H groups in total. The van der Waals surface area contributed by atoms with Gasteiger partial charge in [0.15, 0.2) is 5.78 Å². The highest BCUT2D eigenvalue weighted by Crippen LogP contribution is 2.45. The standard InChI is InChI=1S/C36H55F3O3/c1-3-6-25-15-19-29(20-16-25)30-21-17-28(18-22-30)14-13-27-11-9-26(10-12-27)7-5-8-32(40)31-23-24-33(42-4-2)34(35(31)41)36(37,38)39/h23-30,41H,3-22H2,1-2H3. The highest BCUT2D eigenvalue weighted by Gasteiger charge is 2.39. The summed E-state index contributed by atoms with van der Waals surface area (Å²) in [6, 6.07) is 2.40. The van der Waals surface area contributed by atoms with Crippen LogP contribution in [0.15, 0.2) is 12.1 Å². The molecule has 0 spiro atoms. The molecule has 1 aromatic rings. The molecule has 0 unspecified atom stereocenters. The van der Waals surface area contributed by atoms with Gasteiger partial charge >= 0.3 is 6.18 Å². The van der Waals surface area contributed by atoms with E-state index in [4.69, 9.17) is 4.74 Å². The van der Waals surface area contributed by atoms with E-state index in [9.17, 15) is 23.1 Å². The average molecular weight is 593 g/mol. The molecule has 6 heteroatoms. The Morgan fingerprint density at radius 3 is 1.71 bits per heavy atom. The van der Waals surface area contributed by atoms with Crippen molar-refractivity contribution in [1.29, 1.82) is 0 Å². The molecule has 0 atom stereocenters. The number of rotatable bonds is 13.